The van der Waals surface area contributed by atoms with Crippen LogP contribution in [0.25, 0.3) is 22.5 Å². The van der Waals surface area contributed by atoms with Gasteiger partial charge in [0.1, 0.15) is 0 Å². The zero-order valence-corrected chi connectivity index (χ0v) is 24.3. The van der Waals surface area contributed by atoms with Crippen molar-refractivity contribution in [1.29, 1.82) is 0 Å². The van der Waals surface area contributed by atoms with Crippen LogP contribution < -0.4 is 27.5 Å². The molecule has 1 aromatic carbocycles. The van der Waals surface area contributed by atoms with Crippen LogP contribution in [0, 0.1) is 11.7 Å². The van der Waals surface area contributed by atoms with Gasteiger partial charge in [-0.3, -0.25) is 28.8 Å². The number of rotatable bonds is 12. The van der Waals surface area contributed by atoms with Gasteiger partial charge in [0.25, 0.3) is 5.56 Å². The molecule has 1 amide bonds. The molecule has 0 bridgehead atoms. The SMILES string of the molecule is CC(C)CCCC(c1cc(-c2c(NC=O)cnn2C)ccn1)n1cnc(-c2c(N(N)/C=C\N)ccc(Cl)c2F)cc1=O. The second-order valence-corrected chi connectivity index (χ2v) is 10.5. The smallest absolute Gasteiger partial charge is 0.254 e. The lowest BCUT2D eigenvalue weighted by Crippen LogP contribution is -2.27. The Morgan fingerprint density at radius 1 is 1.19 bits per heavy atom. The van der Waals surface area contributed by atoms with E-state index in [1.807, 2.05) is 12.1 Å². The number of pyridine rings is 1. The molecule has 220 valence electrons. The summed E-state index contributed by atoms with van der Waals surface area (Å²) in [7, 11) is 1.77. The van der Waals surface area contributed by atoms with E-state index >= 15 is 4.39 Å². The minimum Gasteiger partial charge on any atom is -0.403 e. The molecule has 11 nitrogen and oxygen atoms in total. The van der Waals surface area contributed by atoms with Crippen LogP contribution in [0.4, 0.5) is 15.8 Å². The minimum atomic E-state index is -0.765. The van der Waals surface area contributed by atoms with Gasteiger partial charge < -0.3 is 11.1 Å². The summed E-state index contributed by atoms with van der Waals surface area (Å²) in [6.07, 6.45) is 10.1. The predicted molar refractivity (Wildman–Crippen MR) is 162 cm³/mol. The second-order valence-electron chi connectivity index (χ2n) is 10.1. The summed E-state index contributed by atoms with van der Waals surface area (Å²) in [4.78, 5) is 33.8. The van der Waals surface area contributed by atoms with Crippen LogP contribution in [0.5, 0.6) is 0 Å². The molecule has 3 heterocycles. The normalized spacial score (nSPS) is 12.2. The standard InChI is InChI=1S/C29H33ClFN9O2/c1-18(2)5-4-6-24(21-13-19(9-11-34-21)29-23(36-17-41)15-37-38(29)3)39-16-35-22(14-26(39)42)27-25(40(33)12-10-32)8-7-20(30)28(27)31/h7-18,24H,4-6,32-33H2,1-3H3,(H,36,41)/b12-10-. The van der Waals surface area contributed by atoms with Crippen LogP contribution in [0.15, 0.2) is 66.2 Å². The van der Waals surface area contributed by atoms with Gasteiger partial charge in [-0.05, 0) is 36.6 Å². The first kappa shape index (κ1) is 30.4. The number of amides is 1. The van der Waals surface area contributed by atoms with Gasteiger partial charge in [-0.1, -0.05) is 38.3 Å². The van der Waals surface area contributed by atoms with E-state index in [2.05, 4.69) is 34.2 Å². The highest BCUT2D eigenvalue weighted by molar-refractivity contribution is 6.31. The van der Waals surface area contributed by atoms with E-state index in [1.165, 1.54) is 41.5 Å². The summed E-state index contributed by atoms with van der Waals surface area (Å²) in [6, 6.07) is 7.35. The molecule has 4 aromatic rings. The minimum absolute atomic E-state index is 0.0322. The number of aryl methyl sites for hydroxylation is 1. The van der Waals surface area contributed by atoms with Crippen molar-refractivity contribution in [2.75, 3.05) is 10.3 Å². The third kappa shape index (κ3) is 6.50. The molecular weight excluding hydrogens is 561 g/mol. The quantitative estimate of drug-likeness (QED) is 0.123. The number of hydrogen-bond donors (Lipinski definition) is 3. The summed E-state index contributed by atoms with van der Waals surface area (Å²) < 4.78 is 18.4. The third-order valence-corrected chi connectivity index (χ3v) is 7.13. The maximum Gasteiger partial charge on any atom is 0.254 e. The van der Waals surface area contributed by atoms with Crippen LogP contribution in [-0.2, 0) is 11.8 Å². The Kier molecular flexibility index (Phi) is 9.71. The maximum absolute atomic E-state index is 15.3. The highest BCUT2D eigenvalue weighted by Crippen LogP contribution is 2.35. The summed E-state index contributed by atoms with van der Waals surface area (Å²) in [6.45, 7) is 4.27. The molecule has 0 saturated heterocycles. The van der Waals surface area contributed by atoms with E-state index in [4.69, 9.17) is 23.2 Å². The summed E-state index contributed by atoms with van der Waals surface area (Å²) in [5.74, 6) is 5.74. The molecule has 0 fully saturated rings. The fraction of sp³-hybridized carbons (Fsp3) is 0.276. The van der Waals surface area contributed by atoms with Gasteiger partial charge in [0.05, 0.1) is 57.6 Å². The molecule has 1 atom stereocenters. The van der Waals surface area contributed by atoms with Crippen molar-refractivity contribution in [3.63, 3.8) is 0 Å². The fourth-order valence-corrected chi connectivity index (χ4v) is 4.99. The zero-order chi connectivity index (χ0) is 30.4. The van der Waals surface area contributed by atoms with Crippen LogP contribution in [0.1, 0.15) is 44.8 Å². The molecule has 4 rings (SSSR count). The highest BCUT2D eigenvalue weighted by Gasteiger charge is 2.23. The zero-order valence-electron chi connectivity index (χ0n) is 23.5. The number of nitrogens with one attached hydrogen (secondary N) is 1. The average molecular weight is 594 g/mol. The molecule has 5 N–H and O–H groups in total. The second kappa shape index (κ2) is 13.4. The highest BCUT2D eigenvalue weighted by atomic mass is 35.5. The van der Waals surface area contributed by atoms with Gasteiger partial charge >= 0.3 is 0 Å². The molecule has 0 aliphatic rings. The number of aromatic nitrogens is 5. The molecule has 3 aromatic heterocycles. The maximum atomic E-state index is 15.3. The number of nitrogens with two attached hydrogens (primary N) is 2. The van der Waals surface area contributed by atoms with E-state index in [0.29, 0.717) is 35.8 Å². The van der Waals surface area contributed by atoms with Gasteiger partial charge in [0.2, 0.25) is 6.41 Å². The van der Waals surface area contributed by atoms with Crippen molar-refractivity contribution in [2.24, 2.45) is 24.5 Å². The molecule has 0 radical (unpaired) electrons. The Labute approximate surface area is 247 Å². The monoisotopic (exact) mass is 593 g/mol. The Balaban J connectivity index is 1.81. The molecule has 42 heavy (non-hydrogen) atoms. The van der Waals surface area contributed by atoms with Gasteiger partial charge in [-0.15, -0.1) is 0 Å². The van der Waals surface area contributed by atoms with Crippen molar-refractivity contribution in [3.05, 3.63) is 88.3 Å². The molecule has 0 saturated carbocycles. The van der Waals surface area contributed by atoms with E-state index in [9.17, 15) is 9.59 Å². The van der Waals surface area contributed by atoms with Crippen LogP contribution in [0.3, 0.4) is 0 Å². The number of nitrogens with zero attached hydrogens (tertiary/aromatic N) is 6. The first-order chi connectivity index (χ1) is 20.2. The summed E-state index contributed by atoms with van der Waals surface area (Å²) in [5.41, 5.74) is 7.94. The average Bonchev–Trinajstić information content (AvgIpc) is 3.32. The number of halogens is 2. The van der Waals surface area contributed by atoms with Gasteiger partial charge in [0.15, 0.2) is 5.82 Å². The number of anilines is 2. The van der Waals surface area contributed by atoms with E-state index in [0.717, 1.165) is 23.4 Å². The summed E-state index contributed by atoms with van der Waals surface area (Å²) in [5, 5.41) is 7.91. The van der Waals surface area contributed by atoms with Crippen LogP contribution in [0.2, 0.25) is 5.02 Å². The van der Waals surface area contributed by atoms with Gasteiger partial charge in [-0.25, -0.2) is 15.2 Å². The first-order valence-electron chi connectivity index (χ1n) is 13.3. The largest absolute Gasteiger partial charge is 0.403 e. The molecule has 13 heteroatoms. The van der Waals surface area contributed by atoms with Crippen LogP contribution >= 0.6 is 11.6 Å². The summed E-state index contributed by atoms with van der Waals surface area (Å²) >= 11 is 6.07. The van der Waals surface area contributed by atoms with Crippen molar-refractivity contribution in [1.82, 2.24) is 24.3 Å². The lowest BCUT2D eigenvalue weighted by molar-refractivity contribution is -0.105. The Hall–Kier alpha value is -4.55. The Bertz CT molecular complexity index is 1650. The lowest BCUT2D eigenvalue weighted by Gasteiger charge is -2.22. The van der Waals surface area contributed by atoms with E-state index in [-0.39, 0.29) is 22.0 Å². The van der Waals surface area contributed by atoms with E-state index < -0.39 is 17.4 Å². The molecular formula is C29H33ClFN9O2. The Morgan fingerprint density at radius 2 is 1.98 bits per heavy atom. The molecule has 0 aliphatic carbocycles. The van der Waals surface area contributed by atoms with Crippen molar-refractivity contribution < 1.29 is 9.18 Å². The van der Waals surface area contributed by atoms with Gasteiger partial charge in [0, 0.05) is 37.3 Å². The number of hydrazine groups is 1. The number of benzene rings is 1. The topological polar surface area (TPSA) is 150 Å². The predicted octanol–water partition coefficient (Wildman–Crippen LogP) is 4.59. The number of hydrogen-bond acceptors (Lipinski definition) is 8. The van der Waals surface area contributed by atoms with E-state index in [1.54, 1.807) is 24.1 Å². The molecule has 0 spiro atoms. The fourth-order valence-electron chi connectivity index (χ4n) is 4.83. The number of carbonyl (C=O) groups is 1. The van der Waals surface area contributed by atoms with Crippen molar-refractivity contribution in [3.8, 4) is 22.5 Å². The Morgan fingerprint density at radius 3 is 2.67 bits per heavy atom. The first-order valence-corrected chi connectivity index (χ1v) is 13.7. The van der Waals surface area contributed by atoms with Crippen LogP contribution in [-0.4, -0.2) is 30.7 Å². The lowest BCUT2D eigenvalue weighted by atomic mass is 9.99. The molecule has 1 unspecified atom stereocenters. The van der Waals surface area contributed by atoms with Crippen molar-refractivity contribution >= 4 is 29.4 Å². The van der Waals surface area contributed by atoms with Gasteiger partial charge in [-0.2, -0.15) is 5.10 Å². The molecule has 0 aliphatic heterocycles. The van der Waals surface area contributed by atoms with Crippen molar-refractivity contribution in [2.45, 2.75) is 39.2 Å². The third-order valence-electron chi connectivity index (χ3n) is 6.83. The number of carbonyl (C=O) groups excluding carboxylic acids is 1.